The van der Waals surface area contributed by atoms with E-state index in [4.69, 9.17) is 26.0 Å². The molecule has 0 unspecified atom stereocenters. The highest BCUT2D eigenvalue weighted by Crippen LogP contribution is 2.34. The predicted molar refractivity (Wildman–Crippen MR) is 123 cm³/mol. The molecule has 2 aromatic heterocycles. The average Bonchev–Trinajstić information content (AvgIpc) is 3.41. The number of carboxylic acid groups (broad SMARTS) is 1. The summed E-state index contributed by atoms with van der Waals surface area (Å²) in [7, 11) is 0. The third-order valence-corrected chi connectivity index (χ3v) is 6.84. The van der Waals surface area contributed by atoms with Gasteiger partial charge in [0.05, 0.1) is 23.6 Å². The molecular weight excluding hydrogens is 446 g/mol. The Balaban J connectivity index is 1.33. The average molecular weight is 474 g/mol. The van der Waals surface area contributed by atoms with Gasteiger partial charge < -0.3 is 18.9 Å². The largest absolute Gasteiger partial charge is 0.480 e. The van der Waals surface area contributed by atoms with Gasteiger partial charge in [0, 0.05) is 63.1 Å². The predicted octanol–water partition coefficient (Wildman–Crippen LogP) is 2.97. The van der Waals surface area contributed by atoms with Gasteiger partial charge in [-0.1, -0.05) is 28.9 Å². The van der Waals surface area contributed by atoms with Crippen molar-refractivity contribution in [2.45, 2.75) is 25.9 Å². The molecule has 2 saturated heterocycles. The second-order valence-corrected chi connectivity index (χ2v) is 9.25. The first-order valence-electron chi connectivity index (χ1n) is 11.4. The van der Waals surface area contributed by atoms with Gasteiger partial charge in [-0.15, -0.1) is 0 Å². The van der Waals surface area contributed by atoms with Crippen LogP contribution < -0.4 is 0 Å². The number of carboxylic acids is 1. The van der Waals surface area contributed by atoms with E-state index in [0.717, 1.165) is 62.2 Å². The number of halogens is 1. The Labute approximate surface area is 196 Å². The first kappa shape index (κ1) is 22.3. The van der Waals surface area contributed by atoms with Crippen molar-refractivity contribution in [1.29, 1.82) is 0 Å². The molecule has 4 heterocycles. The molecule has 0 atom stereocenters. The lowest BCUT2D eigenvalue weighted by atomic mass is 10.0. The van der Waals surface area contributed by atoms with E-state index in [1.165, 1.54) is 0 Å². The molecular formula is C23H28ClN5O4. The maximum absolute atomic E-state index is 10.9. The van der Waals surface area contributed by atoms with Gasteiger partial charge in [-0.3, -0.25) is 14.6 Å². The number of aliphatic carboxylic acids is 1. The van der Waals surface area contributed by atoms with Crippen molar-refractivity contribution < 1.29 is 19.2 Å². The molecule has 1 aromatic carbocycles. The molecule has 0 bridgehead atoms. The highest BCUT2D eigenvalue weighted by Gasteiger charge is 2.23. The lowest BCUT2D eigenvalue weighted by molar-refractivity contribution is -0.138. The number of hydrogen-bond acceptors (Lipinski definition) is 7. The number of nitrogens with zero attached hydrogens (tertiary/aromatic N) is 5. The molecule has 0 amide bonds. The summed E-state index contributed by atoms with van der Waals surface area (Å²) in [6.45, 7) is 6.10. The van der Waals surface area contributed by atoms with Crippen molar-refractivity contribution in [2.24, 2.45) is 5.92 Å². The van der Waals surface area contributed by atoms with Gasteiger partial charge in [-0.25, -0.2) is 0 Å². The summed E-state index contributed by atoms with van der Waals surface area (Å²) in [5, 5.41) is 15.0. The fraction of sp³-hybridized carbons (Fsp3) is 0.522. The topological polar surface area (TPSA) is 96.9 Å². The van der Waals surface area contributed by atoms with Gasteiger partial charge in [0.1, 0.15) is 0 Å². The van der Waals surface area contributed by atoms with E-state index >= 15 is 0 Å². The Hall–Kier alpha value is -2.46. The van der Waals surface area contributed by atoms with Crippen LogP contribution in [0, 0.1) is 5.92 Å². The summed E-state index contributed by atoms with van der Waals surface area (Å²) < 4.78 is 13.3. The number of rotatable bonds is 7. The number of benzene rings is 1. The molecule has 0 aliphatic carbocycles. The van der Waals surface area contributed by atoms with E-state index in [-0.39, 0.29) is 6.54 Å². The monoisotopic (exact) mass is 473 g/mol. The van der Waals surface area contributed by atoms with E-state index in [1.54, 1.807) is 0 Å². The van der Waals surface area contributed by atoms with Crippen LogP contribution in [0.4, 0.5) is 0 Å². The van der Waals surface area contributed by atoms with Gasteiger partial charge in [0.15, 0.2) is 0 Å². The Morgan fingerprint density at radius 3 is 2.67 bits per heavy atom. The summed E-state index contributed by atoms with van der Waals surface area (Å²) in [5.41, 5.74) is 1.92. The van der Waals surface area contributed by atoms with E-state index in [2.05, 4.69) is 31.9 Å². The molecule has 1 N–H and O–H groups in total. The molecule has 2 aliphatic heterocycles. The number of para-hydroxylation sites is 1. The minimum atomic E-state index is -0.791. The van der Waals surface area contributed by atoms with Crippen LogP contribution in [0.5, 0.6) is 0 Å². The maximum atomic E-state index is 10.9. The van der Waals surface area contributed by atoms with E-state index in [1.807, 2.05) is 17.0 Å². The molecule has 5 rings (SSSR count). The maximum Gasteiger partial charge on any atom is 0.317 e. The molecule has 9 nitrogen and oxygen atoms in total. The highest BCUT2D eigenvalue weighted by molar-refractivity contribution is 6.35. The third-order valence-electron chi connectivity index (χ3n) is 6.54. The second kappa shape index (κ2) is 9.80. The zero-order valence-corrected chi connectivity index (χ0v) is 19.2. The van der Waals surface area contributed by atoms with Crippen LogP contribution in [0.15, 0.2) is 28.9 Å². The molecule has 33 heavy (non-hydrogen) atoms. The summed E-state index contributed by atoms with van der Waals surface area (Å²) in [6.07, 6.45) is 4.18. The molecule has 176 valence electrons. The SMILES string of the molecule is O=C(O)CN1CCN(Cc2nc(-c3cn(CC4CCOCC4)c4c(Cl)cccc34)no2)CC1. The van der Waals surface area contributed by atoms with Crippen molar-refractivity contribution in [3.8, 4) is 11.4 Å². The number of hydrogen-bond donors (Lipinski definition) is 1. The van der Waals surface area contributed by atoms with Crippen molar-refractivity contribution in [1.82, 2.24) is 24.5 Å². The quantitative estimate of drug-likeness (QED) is 0.559. The zero-order valence-electron chi connectivity index (χ0n) is 18.5. The number of carbonyl (C=O) groups is 1. The van der Waals surface area contributed by atoms with Crippen LogP contribution in [0.1, 0.15) is 18.7 Å². The fourth-order valence-electron chi connectivity index (χ4n) is 4.76. The van der Waals surface area contributed by atoms with Crippen molar-refractivity contribution in [3.63, 3.8) is 0 Å². The summed E-state index contributed by atoms with van der Waals surface area (Å²) in [6, 6.07) is 5.92. The molecule has 2 fully saturated rings. The molecule has 10 heteroatoms. The lowest BCUT2D eigenvalue weighted by Gasteiger charge is -2.32. The minimum Gasteiger partial charge on any atom is -0.480 e. The molecule has 3 aromatic rings. The van der Waals surface area contributed by atoms with Crippen molar-refractivity contribution in [3.05, 3.63) is 35.3 Å². The first-order chi connectivity index (χ1) is 16.1. The summed E-state index contributed by atoms with van der Waals surface area (Å²) in [5.74, 6) is 0.886. The van der Waals surface area contributed by atoms with Gasteiger partial charge >= 0.3 is 5.97 Å². The van der Waals surface area contributed by atoms with Crippen LogP contribution in [0.2, 0.25) is 5.02 Å². The van der Waals surface area contributed by atoms with Crippen LogP contribution in [-0.2, 0) is 22.6 Å². The normalized spacial score (nSPS) is 18.8. The highest BCUT2D eigenvalue weighted by atomic mass is 35.5. The van der Waals surface area contributed by atoms with Gasteiger partial charge in [-0.05, 0) is 24.8 Å². The van der Waals surface area contributed by atoms with Crippen molar-refractivity contribution in [2.75, 3.05) is 45.9 Å². The van der Waals surface area contributed by atoms with Gasteiger partial charge in [0.2, 0.25) is 11.7 Å². The Morgan fingerprint density at radius 1 is 1.15 bits per heavy atom. The van der Waals surface area contributed by atoms with Gasteiger partial charge in [-0.2, -0.15) is 4.98 Å². The number of fused-ring (bicyclic) bond motifs is 1. The van der Waals surface area contributed by atoms with E-state index < -0.39 is 5.97 Å². The number of ether oxygens (including phenoxy) is 1. The number of piperazine rings is 1. The van der Waals surface area contributed by atoms with E-state index in [0.29, 0.717) is 42.3 Å². The summed E-state index contributed by atoms with van der Waals surface area (Å²) in [4.78, 5) is 19.7. The standard InChI is InChI=1S/C23H28ClN5O4/c24-19-3-1-2-17-18(13-29(22(17)19)12-16-4-10-32-11-5-16)23-25-20(33-26-23)14-27-6-8-28(9-7-27)15-21(30)31/h1-3,13,16H,4-12,14-15H2,(H,30,31). The second-order valence-electron chi connectivity index (χ2n) is 8.84. The Morgan fingerprint density at radius 2 is 1.91 bits per heavy atom. The van der Waals surface area contributed by atoms with Crippen LogP contribution >= 0.6 is 11.6 Å². The minimum absolute atomic E-state index is 0.0824. The van der Waals surface area contributed by atoms with E-state index in [9.17, 15) is 4.79 Å². The molecule has 0 radical (unpaired) electrons. The zero-order chi connectivity index (χ0) is 22.8. The van der Waals surface area contributed by atoms with Crippen molar-refractivity contribution >= 4 is 28.5 Å². The third kappa shape index (κ3) is 5.06. The molecule has 2 aliphatic rings. The molecule has 0 saturated carbocycles. The first-order valence-corrected chi connectivity index (χ1v) is 11.8. The lowest BCUT2D eigenvalue weighted by Crippen LogP contribution is -2.47. The van der Waals surface area contributed by atoms with Gasteiger partial charge in [0.25, 0.3) is 0 Å². The van der Waals surface area contributed by atoms with Crippen LogP contribution in [0.3, 0.4) is 0 Å². The Bertz CT molecular complexity index is 1120. The fourth-order valence-corrected chi connectivity index (χ4v) is 5.04. The van der Waals surface area contributed by atoms with Crippen LogP contribution in [-0.4, -0.2) is 81.5 Å². The van der Waals surface area contributed by atoms with Crippen LogP contribution in [0.25, 0.3) is 22.3 Å². The number of aromatic nitrogens is 3. The summed E-state index contributed by atoms with van der Waals surface area (Å²) >= 11 is 6.60. The Kier molecular flexibility index (Phi) is 6.64. The molecule has 0 spiro atoms. The smallest absolute Gasteiger partial charge is 0.317 e.